The molecule has 0 amide bonds. The molecule has 0 aromatic carbocycles. The molecule has 2 atom stereocenters. The summed E-state index contributed by atoms with van der Waals surface area (Å²) < 4.78 is 5.86. The molecule has 1 fully saturated rings. The highest BCUT2D eigenvalue weighted by molar-refractivity contribution is 7.17. The van der Waals surface area contributed by atoms with Gasteiger partial charge < -0.3 is 14.8 Å². The molecular weight excluding hydrogens is 294 g/mol. The number of ether oxygens (including phenoxy) is 1. The van der Waals surface area contributed by atoms with Crippen molar-refractivity contribution in [1.29, 1.82) is 0 Å². The number of H-pyrrole nitrogens is 1. The fourth-order valence-electron chi connectivity index (χ4n) is 2.56. The number of carboxylic acids is 1. The third kappa shape index (κ3) is 2.69. The Labute approximate surface area is 124 Å². The topological polar surface area (TPSA) is 95.5 Å². The molecular formula is C13H15N3O4S. The van der Waals surface area contributed by atoms with Crippen LogP contribution in [0.25, 0.3) is 10.2 Å². The fourth-order valence-corrected chi connectivity index (χ4v) is 3.29. The highest BCUT2D eigenvalue weighted by Crippen LogP contribution is 2.20. The third-order valence-electron chi connectivity index (χ3n) is 3.70. The number of aromatic nitrogens is 2. The lowest BCUT2D eigenvalue weighted by Gasteiger charge is -2.25. The van der Waals surface area contributed by atoms with E-state index in [1.54, 1.807) is 6.07 Å². The molecule has 0 bridgehead atoms. The number of thiophene rings is 1. The molecule has 2 aromatic heterocycles. The van der Waals surface area contributed by atoms with Gasteiger partial charge in [0.15, 0.2) is 0 Å². The lowest BCUT2D eigenvalue weighted by molar-refractivity contribution is -0.143. The first kappa shape index (κ1) is 14.2. The Hall–Kier alpha value is -1.77. The van der Waals surface area contributed by atoms with E-state index in [9.17, 15) is 14.7 Å². The first-order valence-corrected chi connectivity index (χ1v) is 7.41. The van der Waals surface area contributed by atoms with Crippen LogP contribution in [0.15, 0.2) is 16.2 Å². The molecule has 0 saturated carbocycles. The number of carboxylic acid groups (broad SMARTS) is 1. The molecule has 0 spiro atoms. The van der Waals surface area contributed by atoms with Gasteiger partial charge in [-0.3, -0.25) is 14.5 Å². The lowest BCUT2D eigenvalue weighted by atomic mass is 10.0. The van der Waals surface area contributed by atoms with Crippen molar-refractivity contribution in [1.82, 2.24) is 14.9 Å². The number of carbonyl (C=O) groups is 1. The normalized spacial score (nSPS) is 22.2. The predicted octanol–water partition coefficient (Wildman–Crippen LogP) is 0.516. The van der Waals surface area contributed by atoms with Crippen molar-refractivity contribution in [3.63, 3.8) is 0 Å². The van der Waals surface area contributed by atoms with Gasteiger partial charge in [-0.05, 0) is 18.5 Å². The molecule has 8 heteroatoms. The quantitative estimate of drug-likeness (QED) is 0.854. The highest BCUT2D eigenvalue weighted by atomic mass is 32.1. The third-order valence-corrected chi connectivity index (χ3v) is 4.60. The Morgan fingerprint density at radius 1 is 1.62 bits per heavy atom. The summed E-state index contributed by atoms with van der Waals surface area (Å²) in [5.41, 5.74) is 0.514. The number of fused-ring (bicyclic) bond motifs is 1. The zero-order valence-electron chi connectivity index (χ0n) is 11.4. The summed E-state index contributed by atoms with van der Waals surface area (Å²) in [5.74, 6) is -0.880. The van der Waals surface area contributed by atoms with Gasteiger partial charge in [0.1, 0.15) is 10.5 Å². The van der Waals surface area contributed by atoms with Crippen LogP contribution >= 0.6 is 11.3 Å². The second-order valence-electron chi connectivity index (χ2n) is 5.11. The minimum absolute atomic E-state index is 0.157. The minimum atomic E-state index is -0.862. The van der Waals surface area contributed by atoms with E-state index in [4.69, 9.17) is 4.74 Å². The lowest BCUT2D eigenvalue weighted by Crippen LogP contribution is -2.40. The molecule has 3 rings (SSSR count). The molecule has 21 heavy (non-hydrogen) atoms. The van der Waals surface area contributed by atoms with Crippen LogP contribution in [0.1, 0.15) is 5.82 Å². The Balaban J connectivity index is 1.81. The van der Waals surface area contributed by atoms with Gasteiger partial charge >= 0.3 is 5.97 Å². The molecule has 1 aliphatic heterocycles. The van der Waals surface area contributed by atoms with E-state index < -0.39 is 11.9 Å². The molecule has 7 nitrogen and oxygen atoms in total. The van der Waals surface area contributed by atoms with Crippen LogP contribution in [0.3, 0.4) is 0 Å². The maximum Gasteiger partial charge on any atom is 0.310 e. The SMILES string of the molecule is CN(Cc1nc2ccsc2c(=O)[nH]1)C1COCC1C(=O)O. The second-order valence-corrected chi connectivity index (χ2v) is 6.03. The maximum atomic E-state index is 11.9. The van der Waals surface area contributed by atoms with Crippen LogP contribution in [0.5, 0.6) is 0 Å². The number of hydrogen-bond donors (Lipinski definition) is 2. The number of hydrogen-bond acceptors (Lipinski definition) is 6. The van der Waals surface area contributed by atoms with E-state index in [1.165, 1.54) is 11.3 Å². The second kappa shape index (κ2) is 5.55. The molecule has 2 aromatic rings. The van der Waals surface area contributed by atoms with Crippen molar-refractivity contribution < 1.29 is 14.6 Å². The van der Waals surface area contributed by atoms with Gasteiger partial charge in [0.25, 0.3) is 5.56 Å². The zero-order valence-corrected chi connectivity index (χ0v) is 12.2. The Morgan fingerprint density at radius 3 is 3.19 bits per heavy atom. The first-order valence-electron chi connectivity index (χ1n) is 6.53. The maximum absolute atomic E-state index is 11.9. The molecule has 0 aliphatic carbocycles. The number of aliphatic carboxylic acids is 1. The molecule has 3 heterocycles. The van der Waals surface area contributed by atoms with Gasteiger partial charge in [-0.25, -0.2) is 4.98 Å². The molecule has 0 radical (unpaired) electrons. The summed E-state index contributed by atoms with van der Waals surface area (Å²) in [6.45, 7) is 0.967. The van der Waals surface area contributed by atoms with E-state index in [0.29, 0.717) is 29.2 Å². The molecule has 112 valence electrons. The van der Waals surface area contributed by atoms with Gasteiger partial charge in [-0.1, -0.05) is 0 Å². The average molecular weight is 309 g/mol. The smallest absolute Gasteiger partial charge is 0.310 e. The van der Waals surface area contributed by atoms with Crippen LogP contribution in [0.4, 0.5) is 0 Å². The number of rotatable bonds is 4. The fraction of sp³-hybridized carbons (Fsp3) is 0.462. The van der Waals surface area contributed by atoms with E-state index >= 15 is 0 Å². The van der Waals surface area contributed by atoms with Gasteiger partial charge in [0.05, 0.1) is 31.2 Å². The van der Waals surface area contributed by atoms with Gasteiger partial charge in [-0.15, -0.1) is 11.3 Å². The summed E-state index contributed by atoms with van der Waals surface area (Å²) >= 11 is 1.35. The van der Waals surface area contributed by atoms with Gasteiger partial charge in [-0.2, -0.15) is 0 Å². The van der Waals surface area contributed by atoms with E-state index in [1.807, 2.05) is 17.3 Å². The minimum Gasteiger partial charge on any atom is -0.481 e. The van der Waals surface area contributed by atoms with Crippen molar-refractivity contribution in [2.45, 2.75) is 12.6 Å². The molecule has 2 N–H and O–H groups in total. The predicted molar refractivity (Wildman–Crippen MR) is 77.4 cm³/mol. The molecule has 2 unspecified atom stereocenters. The van der Waals surface area contributed by atoms with E-state index in [2.05, 4.69) is 9.97 Å². The monoisotopic (exact) mass is 309 g/mol. The number of nitrogens with zero attached hydrogens (tertiary/aromatic N) is 2. The standard InChI is InChI=1S/C13H15N3O4S/c1-16(9-6-20-5-7(9)13(18)19)4-10-14-8-2-3-21-11(8)12(17)15-10/h2-3,7,9H,4-6H2,1H3,(H,18,19)(H,14,15,17). The van der Waals surface area contributed by atoms with Crippen LogP contribution in [-0.2, 0) is 16.1 Å². The molecule has 1 aliphatic rings. The largest absolute Gasteiger partial charge is 0.481 e. The number of aromatic amines is 1. The van der Waals surface area contributed by atoms with Crippen LogP contribution in [0.2, 0.25) is 0 Å². The zero-order chi connectivity index (χ0) is 15.0. The average Bonchev–Trinajstić information content (AvgIpc) is 3.07. The Morgan fingerprint density at radius 2 is 2.43 bits per heavy atom. The summed E-state index contributed by atoms with van der Waals surface area (Å²) in [5, 5.41) is 11.0. The summed E-state index contributed by atoms with van der Waals surface area (Å²) in [7, 11) is 1.81. The Bertz CT molecular complexity index is 726. The van der Waals surface area contributed by atoms with Crippen LogP contribution in [0, 0.1) is 5.92 Å². The van der Waals surface area contributed by atoms with Crippen molar-refractivity contribution >= 4 is 27.5 Å². The van der Waals surface area contributed by atoms with Crippen molar-refractivity contribution in [2.24, 2.45) is 5.92 Å². The summed E-state index contributed by atoms with van der Waals surface area (Å²) in [6.07, 6.45) is 0. The van der Waals surface area contributed by atoms with E-state index in [0.717, 1.165) is 0 Å². The summed E-state index contributed by atoms with van der Waals surface area (Å²) in [6, 6.07) is 1.59. The van der Waals surface area contributed by atoms with E-state index in [-0.39, 0.29) is 18.2 Å². The van der Waals surface area contributed by atoms with Crippen LogP contribution in [-0.4, -0.2) is 52.2 Å². The first-order chi connectivity index (χ1) is 10.1. The number of likely N-dealkylation sites (N-methyl/N-ethyl adjacent to an activating group) is 1. The Kier molecular flexibility index (Phi) is 3.75. The van der Waals surface area contributed by atoms with Gasteiger partial charge in [0, 0.05) is 6.04 Å². The highest BCUT2D eigenvalue weighted by Gasteiger charge is 2.36. The number of nitrogens with one attached hydrogen (secondary N) is 1. The van der Waals surface area contributed by atoms with Crippen molar-refractivity contribution in [2.75, 3.05) is 20.3 Å². The van der Waals surface area contributed by atoms with Crippen LogP contribution < -0.4 is 5.56 Å². The van der Waals surface area contributed by atoms with Gasteiger partial charge in [0.2, 0.25) is 0 Å². The molecule has 1 saturated heterocycles. The van der Waals surface area contributed by atoms with Crippen molar-refractivity contribution in [3.05, 3.63) is 27.6 Å². The van der Waals surface area contributed by atoms with Crippen molar-refractivity contribution in [3.8, 4) is 0 Å². The summed E-state index contributed by atoms with van der Waals surface area (Å²) in [4.78, 5) is 32.1.